The van der Waals surface area contributed by atoms with E-state index in [9.17, 15) is 17.4 Å². The molecule has 0 spiro atoms. The van der Waals surface area contributed by atoms with Crippen LogP contribution in [0.15, 0.2) is 12.1 Å². The maximum absolute atomic E-state index is 12.6. The molecule has 0 amide bonds. The van der Waals surface area contributed by atoms with Gasteiger partial charge in [0.05, 0.1) is 0 Å². The van der Waals surface area contributed by atoms with Crippen LogP contribution in [0.1, 0.15) is 0 Å². The van der Waals surface area contributed by atoms with Crippen molar-refractivity contribution >= 4 is 11.4 Å². The number of hydrogen-bond acceptors (Lipinski definition) is 2. The summed E-state index contributed by atoms with van der Waals surface area (Å²) in [5, 5.41) is 0. The molecule has 1 aromatic carbocycles. The highest BCUT2D eigenvalue weighted by Crippen LogP contribution is 2.22. The molecule has 3 nitrogen and oxygen atoms in total. The van der Waals surface area contributed by atoms with Crippen molar-refractivity contribution in [3.63, 3.8) is 0 Å². The Balaban J connectivity index is 3.13. The van der Waals surface area contributed by atoms with Crippen LogP contribution in [0.25, 0.3) is 0 Å². The number of rotatable bonds is 2. The Hall–Kier alpha value is -1.08. The first-order chi connectivity index (χ1) is 6.00. The predicted molar refractivity (Wildman–Crippen MR) is 37.7 cm³/mol. The Morgan fingerprint density at radius 2 is 1.69 bits per heavy atom. The van der Waals surface area contributed by atoms with E-state index in [1.807, 2.05) is 0 Å². The summed E-state index contributed by atoms with van der Waals surface area (Å²) in [5.74, 6) is -4.96. The van der Waals surface area contributed by atoms with Crippen LogP contribution in [-0.2, 0) is 11.4 Å². The van der Waals surface area contributed by atoms with Gasteiger partial charge in [0.25, 0.3) is 0 Å². The van der Waals surface area contributed by atoms with Crippen LogP contribution in [-0.4, -0.2) is 8.76 Å². The van der Waals surface area contributed by atoms with Crippen molar-refractivity contribution in [1.82, 2.24) is 0 Å². The lowest BCUT2D eigenvalue weighted by Gasteiger charge is -2.02. The van der Waals surface area contributed by atoms with Crippen LogP contribution in [0, 0.1) is 17.5 Å². The summed E-state index contributed by atoms with van der Waals surface area (Å²) in [6, 6.07) is 0.677. The number of halogens is 3. The minimum absolute atomic E-state index is 0.339. The van der Waals surface area contributed by atoms with Crippen molar-refractivity contribution in [2.24, 2.45) is 0 Å². The largest absolute Gasteiger partial charge is 0.374 e. The molecule has 1 aromatic rings. The molecule has 0 bridgehead atoms. The van der Waals surface area contributed by atoms with Crippen LogP contribution >= 0.6 is 0 Å². The molecule has 72 valence electrons. The molecule has 7 heteroatoms. The van der Waals surface area contributed by atoms with Crippen molar-refractivity contribution in [1.29, 1.82) is 0 Å². The lowest BCUT2D eigenvalue weighted by molar-refractivity contribution is 0.412. The van der Waals surface area contributed by atoms with Crippen LogP contribution in [0.2, 0.25) is 0 Å². The van der Waals surface area contributed by atoms with Gasteiger partial charge in [-0.05, 0) is 0 Å². The van der Waals surface area contributed by atoms with E-state index in [0.717, 1.165) is 0 Å². The molecular weight excluding hydrogens is 209 g/mol. The zero-order valence-corrected chi connectivity index (χ0v) is 6.78. The first kappa shape index (κ1) is 10.0. The molecule has 0 aliphatic carbocycles. The standard InChI is InChI=1S/C6H3F3O3S/c7-3-1-4(8)6(5(9)2-3)12-13(10)11/h1-2H,(H,10,11). The van der Waals surface area contributed by atoms with Crippen molar-refractivity contribution in [2.45, 2.75) is 0 Å². The number of hydrogen-bond donors (Lipinski definition) is 1. The molecular formula is C6H3F3O3S. The molecule has 13 heavy (non-hydrogen) atoms. The van der Waals surface area contributed by atoms with E-state index in [-0.39, 0.29) is 0 Å². The first-order valence-electron chi connectivity index (χ1n) is 2.94. The summed E-state index contributed by atoms with van der Waals surface area (Å²) in [7, 11) is 0. The van der Waals surface area contributed by atoms with Crippen molar-refractivity contribution in [3.05, 3.63) is 29.6 Å². The summed E-state index contributed by atoms with van der Waals surface area (Å²) < 4.78 is 59.5. The summed E-state index contributed by atoms with van der Waals surface area (Å²) in [6.07, 6.45) is 0. The lowest BCUT2D eigenvalue weighted by atomic mass is 10.3. The second-order valence-corrected chi connectivity index (χ2v) is 2.60. The molecule has 1 rings (SSSR count). The smallest absolute Gasteiger partial charge is 0.357 e. The van der Waals surface area contributed by atoms with Gasteiger partial charge < -0.3 is 4.18 Å². The molecule has 0 aliphatic heterocycles. The maximum atomic E-state index is 12.6. The fourth-order valence-corrected chi connectivity index (χ4v) is 0.982. The fourth-order valence-electron chi connectivity index (χ4n) is 0.680. The predicted octanol–water partition coefficient (Wildman–Crippen LogP) is 1.62. The minimum atomic E-state index is -2.85. The molecule has 0 aromatic heterocycles. The Labute approximate surface area is 73.6 Å². The average Bonchev–Trinajstić information content (AvgIpc) is 1.96. The maximum Gasteiger partial charge on any atom is 0.357 e. The van der Waals surface area contributed by atoms with E-state index >= 15 is 0 Å². The highest BCUT2D eigenvalue weighted by molar-refractivity contribution is 7.74. The van der Waals surface area contributed by atoms with Gasteiger partial charge in [-0.25, -0.2) is 13.2 Å². The highest BCUT2D eigenvalue weighted by atomic mass is 32.2. The van der Waals surface area contributed by atoms with Gasteiger partial charge >= 0.3 is 11.4 Å². The van der Waals surface area contributed by atoms with Gasteiger partial charge in [0.15, 0.2) is 11.6 Å². The third kappa shape index (κ3) is 2.43. The molecule has 1 atom stereocenters. The highest BCUT2D eigenvalue weighted by Gasteiger charge is 2.14. The Morgan fingerprint density at radius 3 is 2.08 bits per heavy atom. The SMILES string of the molecule is O=S(O)Oc1c(F)cc(F)cc1F. The third-order valence-electron chi connectivity index (χ3n) is 1.12. The van der Waals surface area contributed by atoms with Gasteiger partial charge in [-0.2, -0.15) is 4.21 Å². The van der Waals surface area contributed by atoms with Crippen LogP contribution < -0.4 is 4.18 Å². The molecule has 1 N–H and O–H groups in total. The molecule has 0 aliphatic rings. The molecule has 0 heterocycles. The van der Waals surface area contributed by atoms with E-state index in [4.69, 9.17) is 4.55 Å². The van der Waals surface area contributed by atoms with Crippen molar-refractivity contribution in [3.8, 4) is 5.75 Å². The van der Waals surface area contributed by atoms with E-state index in [1.54, 1.807) is 0 Å². The average molecular weight is 212 g/mol. The summed E-state index contributed by atoms with van der Waals surface area (Å²) in [6.45, 7) is 0. The van der Waals surface area contributed by atoms with Gasteiger partial charge in [0.1, 0.15) is 5.82 Å². The topological polar surface area (TPSA) is 46.5 Å². The van der Waals surface area contributed by atoms with Gasteiger partial charge in [0, 0.05) is 12.1 Å². The second kappa shape index (κ2) is 3.75. The van der Waals surface area contributed by atoms with Crippen LogP contribution in [0.5, 0.6) is 5.75 Å². The number of benzene rings is 1. The third-order valence-corrected chi connectivity index (χ3v) is 1.43. The lowest BCUT2D eigenvalue weighted by Crippen LogP contribution is -2.02. The summed E-state index contributed by atoms with van der Waals surface area (Å²) in [4.78, 5) is 0. The first-order valence-corrected chi connectivity index (χ1v) is 3.97. The Morgan fingerprint density at radius 1 is 1.23 bits per heavy atom. The van der Waals surface area contributed by atoms with E-state index < -0.39 is 34.6 Å². The molecule has 0 saturated carbocycles. The monoisotopic (exact) mass is 212 g/mol. The van der Waals surface area contributed by atoms with E-state index in [2.05, 4.69) is 4.18 Å². The van der Waals surface area contributed by atoms with Gasteiger partial charge in [0.2, 0.25) is 5.75 Å². The fraction of sp³-hybridized carbons (Fsp3) is 0. The van der Waals surface area contributed by atoms with Crippen molar-refractivity contribution < 1.29 is 26.1 Å². The normalized spacial score (nSPS) is 12.6. The Kier molecular flexibility index (Phi) is 2.89. The molecule has 1 unspecified atom stereocenters. The molecule has 0 saturated heterocycles. The Bertz CT molecular complexity index is 332. The van der Waals surface area contributed by atoms with Crippen LogP contribution in [0.3, 0.4) is 0 Å². The van der Waals surface area contributed by atoms with Crippen molar-refractivity contribution in [2.75, 3.05) is 0 Å². The van der Waals surface area contributed by atoms with E-state index in [0.29, 0.717) is 12.1 Å². The van der Waals surface area contributed by atoms with Gasteiger partial charge in [-0.3, -0.25) is 4.55 Å². The second-order valence-electron chi connectivity index (χ2n) is 2.00. The summed E-state index contributed by atoms with van der Waals surface area (Å²) in [5.41, 5.74) is 0. The molecule has 0 fully saturated rings. The van der Waals surface area contributed by atoms with Crippen LogP contribution in [0.4, 0.5) is 13.2 Å². The minimum Gasteiger partial charge on any atom is -0.374 e. The zero-order valence-electron chi connectivity index (χ0n) is 5.96. The summed E-state index contributed by atoms with van der Waals surface area (Å²) >= 11 is -2.85. The molecule has 0 radical (unpaired) electrons. The van der Waals surface area contributed by atoms with E-state index in [1.165, 1.54) is 0 Å². The quantitative estimate of drug-likeness (QED) is 0.757. The van der Waals surface area contributed by atoms with Gasteiger partial charge in [-0.15, -0.1) is 0 Å². The van der Waals surface area contributed by atoms with Gasteiger partial charge in [-0.1, -0.05) is 0 Å². The zero-order chi connectivity index (χ0) is 10.0.